The summed E-state index contributed by atoms with van der Waals surface area (Å²) in [6.45, 7) is 11.1. The minimum absolute atomic E-state index is 0.226. The zero-order valence-corrected chi connectivity index (χ0v) is 10.8. The summed E-state index contributed by atoms with van der Waals surface area (Å²) in [5, 5.41) is 3.33. The van der Waals surface area contributed by atoms with E-state index >= 15 is 0 Å². The fraction of sp³-hybridized carbons (Fsp3) is 0.571. The van der Waals surface area contributed by atoms with Gasteiger partial charge in [-0.2, -0.15) is 0 Å². The van der Waals surface area contributed by atoms with Crippen LogP contribution in [0.25, 0.3) is 0 Å². The van der Waals surface area contributed by atoms with Crippen LogP contribution in [0, 0.1) is 0 Å². The van der Waals surface area contributed by atoms with Crippen LogP contribution in [0.3, 0.4) is 0 Å². The highest BCUT2D eigenvalue weighted by molar-refractivity contribution is 5.45. The van der Waals surface area contributed by atoms with Crippen LogP contribution in [0.2, 0.25) is 0 Å². The van der Waals surface area contributed by atoms with Crippen molar-refractivity contribution in [1.29, 1.82) is 0 Å². The lowest BCUT2D eigenvalue weighted by molar-refractivity contribution is 0.158. The third kappa shape index (κ3) is 4.23. The first-order valence-corrected chi connectivity index (χ1v) is 5.96. The number of hydrogen-bond donors (Lipinski definition) is 1. The van der Waals surface area contributed by atoms with Gasteiger partial charge in [0.15, 0.2) is 0 Å². The van der Waals surface area contributed by atoms with E-state index in [0.717, 1.165) is 25.4 Å². The molecule has 0 atom stereocenters. The monoisotopic (exact) mass is 221 g/mol. The van der Waals surface area contributed by atoms with E-state index in [1.807, 2.05) is 6.92 Å². The maximum atomic E-state index is 5.27. The molecule has 90 valence electrons. The Morgan fingerprint density at radius 3 is 2.25 bits per heavy atom. The predicted molar refractivity (Wildman–Crippen MR) is 70.1 cm³/mol. The summed E-state index contributed by atoms with van der Waals surface area (Å²) < 4.78 is 5.27. The summed E-state index contributed by atoms with van der Waals surface area (Å²) in [6.07, 6.45) is 0. The SMILES string of the molecule is CCOCCNc1ccc(C(C)(C)C)cc1. The number of ether oxygens (including phenoxy) is 1. The topological polar surface area (TPSA) is 21.3 Å². The van der Waals surface area contributed by atoms with Gasteiger partial charge in [0.05, 0.1) is 6.61 Å². The van der Waals surface area contributed by atoms with E-state index in [1.54, 1.807) is 0 Å². The summed E-state index contributed by atoms with van der Waals surface area (Å²) >= 11 is 0. The van der Waals surface area contributed by atoms with Crippen molar-refractivity contribution in [2.75, 3.05) is 25.1 Å². The molecule has 0 fully saturated rings. The zero-order valence-electron chi connectivity index (χ0n) is 10.8. The van der Waals surface area contributed by atoms with E-state index in [2.05, 4.69) is 50.4 Å². The Labute approximate surface area is 99.0 Å². The molecule has 0 aliphatic heterocycles. The first-order chi connectivity index (χ1) is 7.54. The third-order valence-electron chi connectivity index (χ3n) is 2.53. The van der Waals surface area contributed by atoms with E-state index < -0.39 is 0 Å². The average Bonchev–Trinajstić information content (AvgIpc) is 2.24. The average molecular weight is 221 g/mol. The van der Waals surface area contributed by atoms with Gasteiger partial charge in [-0.1, -0.05) is 32.9 Å². The van der Waals surface area contributed by atoms with Gasteiger partial charge in [-0.3, -0.25) is 0 Å². The Morgan fingerprint density at radius 1 is 1.12 bits per heavy atom. The van der Waals surface area contributed by atoms with Crippen molar-refractivity contribution < 1.29 is 4.74 Å². The molecule has 0 spiro atoms. The predicted octanol–water partition coefficient (Wildman–Crippen LogP) is 3.43. The van der Waals surface area contributed by atoms with E-state index in [4.69, 9.17) is 4.74 Å². The van der Waals surface area contributed by atoms with Crippen molar-refractivity contribution >= 4 is 5.69 Å². The van der Waals surface area contributed by atoms with E-state index in [-0.39, 0.29) is 5.41 Å². The summed E-state index contributed by atoms with van der Waals surface area (Å²) in [4.78, 5) is 0. The fourth-order valence-electron chi connectivity index (χ4n) is 1.50. The van der Waals surface area contributed by atoms with Crippen molar-refractivity contribution in [3.63, 3.8) is 0 Å². The molecule has 0 heterocycles. The van der Waals surface area contributed by atoms with Crippen molar-refractivity contribution in [3.8, 4) is 0 Å². The molecule has 1 aromatic carbocycles. The minimum Gasteiger partial charge on any atom is -0.383 e. The fourth-order valence-corrected chi connectivity index (χ4v) is 1.50. The Balaban J connectivity index is 2.46. The molecular weight excluding hydrogens is 198 g/mol. The Bertz CT molecular complexity index is 298. The van der Waals surface area contributed by atoms with Gasteiger partial charge in [-0.05, 0) is 30.0 Å². The van der Waals surface area contributed by atoms with Crippen LogP contribution < -0.4 is 5.32 Å². The van der Waals surface area contributed by atoms with Gasteiger partial charge in [0.1, 0.15) is 0 Å². The Hall–Kier alpha value is -1.02. The van der Waals surface area contributed by atoms with Crippen molar-refractivity contribution in [1.82, 2.24) is 0 Å². The van der Waals surface area contributed by atoms with Crippen LogP contribution in [0.5, 0.6) is 0 Å². The molecule has 0 saturated carbocycles. The van der Waals surface area contributed by atoms with Crippen LogP contribution in [0.15, 0.2) is 24.3 Å². The lowest BCUT2D eigenvalue weighted by Gasteiger charge is -2.19. The number of anilines is 1. The van der Waals surface area contributed by atoms with Gasteiger partial charge in [0.2, 0.25) is 0 Å². The molecule has 0 unspecified atom stereocenters. The van der Waals surface area contributed by atoms with E-state index in [0.29, 0.717) is 0 Å². The second kappa shape index (κ2) is 5.90. The largest absolute Gasteiger partial charge is 0.383 e. The zero-order chi connectivity index (χ0) is 12.0. The number of rotatable bonds is 5. The molecule has 0 aliphatic carbocycles. The summed E-state index contributed by atoms with van der Waals surface area (Å²) in [6, 6.07) is 8.63. The third-order valence-corrected chi connectivity index (χ3v) is 2.53. The maximum Gasteiger partial charge on any atom is 0.0638 e. The Morgan fingerprint density at radius 2 is 1.75 bits per heavy atom. The van der Waals surface area contributed by atoms with Crippen LogP contribution in [0.4, 0.5) is 5.69 Å². The molecule has 2 heteroatoms. The molecule has 0 amide bonds. The van der Waals surface area contributed by atoms with Crippen LogP contribution in [0.1, 0.15) is 33.3 Å². The molecule has 0 aromatic heterocycles. The maximum absolute atomic E-state index is 5.27. The minimum atomic E-state index is 0.226. The van der Waals surface area contributed by atoms with Crippen LogP contribution in [-0.4, -0.2) is 19.8 Å². The molecule has 1 N–H and O–H groups in total. The first kappa shape index (κ1) is 13.0. The summed E-state index contributed by atoms with van der Waals surface area (Å²) in [7, 11) is 0. The van der Waals surface area contributed by atoms with Crippen LogP contribution in [-0.2, 0) is 10.2 Å². The highest BCUT2D eigenvalue weighted by Crippen LogP contribution is 2.23. The standard InChI is InChI=1S/C14H23NO/c1-5-16-11-10-15-13-8-6-12(7-9-13)14(2,3)4/h6-9,15H,5,10-11H2,1-4H3. The molecule has 0 bridgehead atoms. The number of benzene rings is 1. The van der Waals surface area contributed by atoms with E-state index in [1.165, 1.54) is 5.56 Å². The first-order valence-electron chi connectivity index (χ1n) is 5.96. The van der Waals surface area contributed by atoms with Gasteiger partial charge < -0.3 is 10.1 Å². The highest BCUT2D eigenvalue weighted by atomic mass is 16.5. The molecule has 1 aromatic rings. The van der Waals surface area contributed by atoms with E-state index in [9.17, 15) is 0 Å². The lowest BCUT2D eigenvalue weighted by Crippen LogP contribution is -2.12. The van der Waals surface area contributed by atoms with Gasteiger partial charge in [-0.15, -0.1) is 0 Å². The number of nitrogens with one attached hydrogen (secondary N) is 1. The smallest absolute Gasteiger partial charge is 0.0638 e. The highest BCUT2D eigenvalue weighted by Gasteiger charge is 2.12. The molecule has 16 heavy (non-hydrogen) atoms. The molecule has 1 rings (SSSR count). The second-order valence-electron chi connectivity index (χ2n) is 4.95. The van der Waals surface area contributed by atoms with Gasteiger partial charge in [0, 0.05) is 18.8 Å². The van der Waals surface area contributed by atoms with Crippen molar-refractivity contribution in [3.05, 3.63) is 29.8 Å². The number of hydrogen-bond acceptors (Lipinski definition) is 2. The Kier molecular flexibility index (Phi) is 4.81. The quantitative estimate of drug-likeness (QED) is 0.769. The van der Waals surface area contributed by atoms with Crippen LogP contribution >= 0.6 is 0 Å². The van der Waals surface area contributed by atoms with Gasteiger partial charge in [0.25, 0.3) is 0 Å². The summed E-state index contributed by atoms with van der Waals surface area (Å²) in [5.41, 5.74) is 2.75. The lowest BCUT2D eigenvalue weighted by atomic mass is 9.87. The summed E-state index contributed by atoms with van der Waals surface area (Å²) in [5.74, 6) is 0. The molecule has 2 nitrogen and oxygen atoms in total. The van der Waals surface area contributed by atoms with Crippen molar-refractivity contribution in [2.45, 2.75) is 33.1 Å². The second-order valence-corrected chi connectivity index (χ2v) is 4.95. The molecular formula is C14H23NO. The molecule has 0 aliphatic rings. The normalized spacial score (nSPS) is 11.5. The van der Waals surface area contributed by atoms with Gasteiger partial charge >= 0.3 is 0 Å². The van der Waals surface area contributed by atoms with Crippen molar-refractivity contribution in [2.24, 2.45) is 0 Å². The molecule has 0 saturated heterocycles. The molecule has 0 radical (unpaired) electrons. The van der Waals surface area contributed by atoms with Gasteiger partial charge in [-0.25, -0.2) is 0 Å².